The second-order valence-corrected chi connectivity index (χ2v) is 7.85. The van der Waals surface area contributed by atoms with Crippen molar-refractivity contribution in [3.05, 3.63) is 35.8 Å². The predicted molar refractivity (Wildman–Crippen MR) is 85.4 cm³/mol. The van der Waals surface area contributed by atoms with Crippen molar-refractivity contribution >= 4 is 32.2 Å². The van der Waals surface area contributed by atoms with Gasteiger partial charge in [-0.25, -0.2) is 13.4 Å². The molecule has 1 aromatic carbocycles. The molecule has 1 fully saturated rings. The van der Waals surface area contributed by atoms with Crippen LogP contribution in [0, 0.1) is 5.92 Å². The van der Waals surface area contributed by atoms with Gasteiger partial charge in [0.05, 0.1) is 4.90 Å². The maximum Gasteiger partial charge on any atom is 0.263 e. The second kappa shape index (κ2) is 5.65. The average molecular weight is 323 g/mol. The van der Waals surface area contributed by atoms with Crippen LogP contribution in [0.2, 0.25) is 0 Å². The standard InChI is InChI=1S/C14H17N3O2S2/c1-11-6-8-17(10-11)12-2-4-13(5-3-12)21(18,19)16-14-15-7-9-20-14/h2-5,7,9,11H,6,8,10H2,1H3,(H,15,16). The molecule has 0 amide bonds. The van der Waals surface area contributed by atoms with Crippen molar-refractivity contribution in [2.24, 2.45) is 5.92 Å². The lowest BCUT2D eigenvalue weighted by molar-refractivity contribution is 0.601. The van der Waals surface area contributed by atoms with Gasteiger partial charge in [-0.15, -0.1) is 11.3 Å². The number of hydrogen-bond acceptors (Lipinski definition) is 5. The summed E-state index contributed by atoms with van der Waals surface area (Å²) in [7, 11) is -3.55. The first-order valence-electron chi connectivity index (χ1n) is 6.82. The molecule has 2 aromatic rings. The lowest BCUT2D eigenvalue weighted by atomic mass is 10.2. The molecular formula is C14H17N3O2S2. The largest absolute Gasteiger partial charge is 0.371 e. The van der Waals surface area contributed by atoms with Gasteiger partial charge >= 0.3 is 0 Å². The van der Waals surface area contributed by atoms with Crippen molar-refractivity contribution in [1.82, 2.24) is 4.98 Å². The van der Waals surface area contributed by atoms with Crippen LogP contribution in [-0.4, -0.2) is 26.5 Å². The summed E-state index contributed by atoms with van der Waals surface area (Å²) in [5.74, 6) is 0.694. The highest BCUT2D eigenvalue weighted by Gasteiger charge is 2.20. The third-order valence-electron chi connectivity index (χ3n) is 3.59. The summed E-state index contributed by atoms with van der Waals surface area (Å²) in [4.78, 5) is 6.48. The van der Waals surface area contributed by atoms with Crippen molar-refractivity contribution in [3.8, 4) is 0 Å². The SMILES string of the molecule is CC1CCN(c2ccc(S(=O)(=O)Nc3nccs3)cc2)C1. The van der Waals surface area contributed by atoms with E-state index < -0.39 is 10.0 Å². The number of thiazole rings is 1. The minimum Gasteiger partial charge on any atom is -0.371 e. The van der Waals surface area contributed by atoms with E-state index in [0.717, 1.165) is 18.8 Å². The summed E-state index contributed by atoms with van der Waals surface area (Å²) >= 11 is 1.26. The fourth-order valence-electron chi connectivity index (χ4n) is 2.45. The molecule has 21 heavy (non-hydrogen) atoms. The molecular weight excluding hydrogens is 306 g/mol. The van der Waals surface area contributed by atoms with Gasteiger partial charge in [-0.2, -0.15) is 0 Å². The highest BCUT2D eigenvalue weighted by Crippen LogP contribution is 2.25. The molecule has 3 rings (SSSR count). The Bertz CT molecular complexity index is 696. The van der Waals surface area contributed by atoms with Crippen molar-refractivity contribution in [2.45, 2.75) is 18.2 Å². The summed E-state index contributed by atoms with van der Waals surface area (Å²) in [6.45, 7) is 4.30. The Hall–Kier alpha value is -1.60. The molecule has 1 N–H and O–H groups in total. The van der Waals surface area contributed by atoms with Crippen LogP contribution in [-0.2, 0) is 10.0 Å². The van der Waals surface area contributed by atoms with Gasteiger partial charge in [0, 0.05) is 30.4 Å². The molecule has 0 radical (unpaired) electrons. The number of nitrogens with zero attached hydrogens (tertiary/aromatic N) is 2. The van der Waals surface area contributed by atoms with Crippen molar-refractivity contribution < 1.29 is 8.42 Å². The summed E-state index contributed by atoms with van der Waals surface area (Å²) < 4.78 is 26.9. The minimum absolute atomic E-state index is 0.258. The number of sulfonamides is 1. The van der Waals surface area contributed by atoms with Crippen LogP contribution >= 0.6 is 11.3 Å². The van der Waals surface area contributed by atoms with E-state index in [1.807, 2.05) is 12.1 Å². The Morgan fingerprint density at radius 2 is 2.10 bits per heavy atom. The van der Waals surface area contributed by atoms with E-state index in [9.17, 15) is 8.42 Å². The van der Waals surface area contributed by atoms with E-state index in [2.05, 4.69) is 21.5 Å². The van der Waals surface area contributed by atoms with Gasteiger partial charge in [0.25, 0.3) is 10.0 Å². The second-order valence-electron chi connectivity index (χ2n) is 5.28. The van der Waals surface area contributed by atoms with E-state index in [1.165, 1.54) is 17.8 Å². The van der Waals surface area contributed by atoms with E-state index in [1.54, 1.807) is 23.7 Å². The molecule has 0 spiro atoms. The molecule has 1 atom stereocenters. The highest BCUT2D eigenvalue weighted by molar-refractivity contribution is 7.93. The first-order chi connectivity index (χ1) is 10.0. The molecule has 1 unspecified atom stereocenters. The van der Waals surface area contributed by atoms with Crippen LogP contribution in [0.15, 0.2) is 40.7 Å². The number of benzene rings is 1. The van der Waals surface area contributed by atoms with E-state index in [0.29, 0.717) is 11.0 Å². The molecule has 0 bridgehead atoms. The molecule has 5 nitrogen and oxygen atoms in total. The van der Waals surface area contributed by atoms with Crippen LogP contribution in [0.25, 0.3) is 0 Å². The third kappa shape index (κ3) is 3.19. The van der Waals surface area contributed by atoms with Gasteiger partial charge in [-0.3, -0.25) is 4.72 Å². The van der Waals surface area contributed by atoms with Crippen LogP contribution in [0.5, 0.6) is 0 Å². The average Bonchev–Trinajstić information content (AvgIpc) is 3.10. The molecule has 1 saturated heterocycles. The summed E-state index contributed by atoms with van der Waals surface area (Å²) in [6.07, 6.45) is 2.76. The Morgan fingerprint density at radius 1 is 1.33 bits per heavy atom. The van der Waals surface area contributed by atoms with Gasteiger partial charge in [-0.05, 0) is 36.6 Å². The number of rotatable bonds is 4. The van der Waals surface area contributed by atoms with Gasteiger partial charge < -0.3 is 4.90 Å². The number of nitrogens with one attached hydrogen (secondary N) is 1. The molecule has 1 aliphatic heterocycles. The van der Waals surface area contributed by atoms with Gasteiger partial charge in [0.15, 0.2) is 5.13 Å². The fourth-order valence-corrected chi connectivity index (χ4v) is 4.24. The first kappa shape index (κ1) is 14.3. The minimum atomic E-state index is -3.55. The number of anilines is 2. The van der Waals surface area contributed by atoms with Crippen molar-refractivity contribution in [1.29, 1.82) is 0 Å². The molecule has 1 aliphatic rings. The lowest BCUT2D eigenvalue weighted by Crippen LogP contribution is -2.19. The molecule has 2 heterocycles. The summed E-state index contributed by atoms with van der Waals surface area (Å²) in [6, 6.07) is 7.03. The topological polar surface area (TPSA) is 62.3 Å². The normalized spacial score (nSPS) is 18.9. The smallest absolute Gasteiger partial charge is 0.263 e. The highest BCUT2D eigenvalue weighted by atomic mass is 32.2. The van der Waals surface area contributed by atoms with Gasteiger partial charge in [0.1, 0.15) is 0 Å². The maximum absolute atomic E-state index is 12.2. The molecule has 0 saturated carbocycles. The third-order valence-corrected chi connectivity index (χ3v) is 5.76. The molecule has 0 aliphatic carbocycles. The quantitative estimate of drug-likeness (QED) is 0.940. The van der Waals surface area contributed by atoms with Crippen LogP contribution < -0.4 is 9.62 Å². The monoisotopic (exact) mass is 323 g/mol. The number of aromatic nitrogens is 1. The maximum atomic E-state index is 12.2. The van der Waals surface area contributed by atoms with Crippen LogP contribution in [0.3, 0.4) is 0 Å². The van der Waals surface area contributed by atoms with Gasteiger partial charge in [0.2, 0.25) is 0 Å². The molecule has 112 valence electrons. The van der Waals surface area contributed by atoms with Crippen molar-refractivity contribution in [3.63, 3.8) is 0 Å². The fraction of sp³-hybridized carbons (Fsp3) is 0.357. The Kier molecular flexibility index (Phi) is 3.86. The summed E-state index contributed by atoms with van der Waals surface area (Å²) in [5, 5.41) is 2.11. The zero-order valence-electron chi connectivity index (χ0n) is 11.7. The van der Waals surface area contributed by atoms with Crippen molar-refractivity contribution in [2.75, 3.05) is 22.7 Å². The van der Waals surface area contributed by atoms with Crippen LogP contribution in [0.4, 0.5) is 10.8 Å². The van der Waals surface area contributed by atoms with E-state index >= 15 is 0 Å². The lowest BCUT2D eigenvalue weighted by Gasteiger charge is -2.18. The Balaban J connectivity index is 1.77. The summed E-state index contributed by atoms with van der Waals surface area (Å²) in [5.41, 5.74) is 1.08. The molecule has 7 heteroatoms. The van der Waals surface area contributed by atoms with E-state index in [-0.39, 0.29) is 4.90 Å². The predicted octanol–water partition coefficient (Wildman–Crippen LogP) is 2.79. The Labute approximate surface area is 128 Å². The Morgan fingerprint density at radius 3 is 2.67 bits per heavy atom. The number of hydrogen-bond donors (Lipinski definition) is 1. The first-order valence-corrected chi connectivity index (χ1v) is 9.18. The molecule has 1 aromatic heterocycles. The van der Waals surface area contributed by atoms with Crippen LogP contribution in [0.1, 0.15) is 13.3 Å². The zero-order chi connectivity index (χ0) is 14.9. The van der Waals surface area contributed by atoms with Gasteiger partial charge in [-0.1, -0.05) is 6.92 Å². The van der Waals surface area contributed by atoms with E-state index in [4.69, 9.17) is 0 Å². The zero-order valence-corrected chi connectivity index (χ0v) is 13.3.